The van der Waals surface area contributed by atoms with E-state index in [9.17, 15) is 14.7 Å². The largest absolute Gasteiger partial charge is 0.481 e. The Morgan fingerprint density at radius 2 is 2.32 bits per heavy atom. The first kappa shape index (κ1) is 17.2. The molecule has 0 spiro atoms. The number of aliphatic hydroxyl groups excluding tert-OH is 1. The fourth-order valence-corrected chi connectivity index (χ4v) is 3.00. The Hall–Kier alpha value is -2.61. The molecule has 1 fully saturated rings. The number of rotatable bonds is 7. The summed E-state index contributed by atoms with van der Waals surface area (Å²) >= 11 is 0. The van der Waals surface area contributed by atoms with Crippen molar-refractivity contribution in [1.29, 1.82) is 0 Å². The number of aliphatic hydroxyl groups is 1. The molecule has 1 amide bonds. The number of amides is 1. The van der Waals surface area contributed by atoms with Gasteiger partial charge in [0.15, 0.2) is 0 Å². The molecule has 8 nitrogen and oxygen atoms in total. The highest BCUT2D eigenvalue weighted by Gasteiger charge is 2.35. The van der Waals surface area contributed by atoms with E-state index in [-0.39, 0.29) is 36.0 Å². The molecule has 3 rings (SSSR count). The number of carbonyl (C=O) groups is 1. The summed E-state index contributed by atoms with van der Waals surface area (Å²) in [6.45, 7) is 0. The van der Waals surface area contributed by atoms with Crippen molar-refractivity contribution < 1.29 is 19.2 Å². The van der Waals surface area contributed by atoms with E-state index in [1.54, 1.807) is 19.4 Å². The smallest absolute Gasteiger partial charge is 0.280 e. The van der Waals surface area contributed by atoms with Crippen LogP contribution in [0.25, 0.3) is 0 Å². The molecule has 2 heterocycles. The van der Waals surface area contributed by atoms with Gasteiger partial charge in [-0.05, 0) is 24.3 Å². The Labute approximate surface area is 144 Å². The van der Waals surface area contributed by atoms with Crippen molar-refractivity contribution in [3.05, 3.63) is 46.1 Å². The number of aryl methyl sites for hydroxylation is 1. The van der Waals surface area contributed by atoms with Crippen LogP contribution < -0.4 is 15.6 Å². The minimum atomic E-state index is -0.318. The van der Waals surface area contributed by atoms with E-state index in [0.29, 0.717) is 30.9 Å². The fourth-order valence-electron chi connectivity index (χ4n) is 3.00. The quantitative estimate of drug-likeness (QED) is 0.686. The molecule has 1 aliphatic rings. The highest BCUT2D eigenvalue weighted by molar-refractivity contribution is 5.76. The number of aromatic nitrogens is 2. The monoisotopic (exact) mass is 347 g/mol. The van der Waals surface area contributed by atoms with E-state index in [1.165, 1.54) is 6.07 Å². The number of methoxy groups -OCH3 is 1. The van der Waals surface area contributed by atoms with Gasteiger partial charge in [0.1, 0.15) is 5.76 Å². The van der Waals surface area contributed by atoms with Gasteiger partial charge < -0.3 is 19.7 Å². The standard InChI is InChI=1S/C17H21N3O5/c1-24-16-5-2-10(9-18-16)17(11-6-12(21)7-11)19-14(22)4-3-13-8-15(23)20-25-13/h2,5,8-9,11-12,17,21H,3-4,6-7H2,1H3,(H,19,22)(H,20,23)/t11?,12?,17-/m0/s1. The number of ether oxygens (including phenoxy) is 1. The molecule has 25 heavy (non-hydrogen) atoms. The van der Waals surface area contributed by atoms with Crippen molar-refractivity contribution in [1.82, 2.24) is 15.5 Å². The van der Waals surface area contributed by atoms with Gasteiger partial charge in [0.2, 0.25) is 11.8 Å². The second-order valence-electron chi connectivity index (χ2n) is 6.24. The number of pyridine rings is 1. The first-order chi connectivity index (χ1) is 12.0. The van der Waals surface area contributed by atoms with Crippen LogP contribution in [0.1, 0.15) is 36.6 Å². The number of hydrogen-bond acceptors (Lipinski definition) is 6. The SMILES string of the molecule is COc1ccc([C@H](NC(=O)CCc2cc(=O)[nH]o2)C2CC(O)C2)cn1. The first-order valence-corrected chi connectivity index (χ1v) is 8.20. The summed E-state index contributed by atoms with van der Waals surface area (Å²) in [6, 6.07) is 4.73. The number of nitrogens with zero attached hydrogens (tertiary/aromatic N) is 1. The Bertz CT molecular complexity index is 761. The van der Waals surface area contributed by atoms with E-state index < -0.39 is 0 Å². The summed E-state index contributed by atoms with van der Waals surface area (Å²) in [7, 11) is 1.54. The molecule has 2 aromatic heterocycles. The molecule has 1 aliphatic carbocycles. The predicted molar refractivity (Wildman–Crippen MR) is 88.1 cm³/mol. The lowest BCUT2D eigenvalue weighted by molar-refractivity contribution is -0.123. The molecule has 3 N–H and O–H groups in total. The van der Waals surface area contributed by atoms with Crippen LogP contribution in [0.2, 0.25) is 0 Å². The van der Waals surface area contributed by atoms with E-state index in [0.717, 1.165) is 5.56 Å². The zero-order valence-corrected chi connectivity index (χ0v) is 13.9. The van der Waals surface area contributed by atoms with Gasteiger partial charge in [-0.15, -0.1) is 0 Å². The third-order valence-corrected chi connectivity index (χ3v) is 4.44. The molecule has 1 atom stereocenters. The molecule has 0 aliphatic heterocycles. The molecule has 0 aromatic carbocycles. The Morgan fingerprint density at radius 1 is 1.52 bits per heavy atom. The minimum absolute atomic E-state index is 0.147. The molecule has 0 unspecified atom stereocenters. The van der Waals surface area contributed by atoms with Gasteiger partial charge in [0.05, 0.1) is 19.3 Å². The first-order valence-electron chi connectivity index (χ1n) is 8.20. The van der Waals surface area contributed by atoms with Gasteiger partial charge in [-0.1, -0.05) is 6.07 Å². The topological polar surface area (TPSA) is 117 Å². The molecular formula is C17H21N3O5. The van der Waals surface area contributed by atoms with E-state index >= 15 is 0 Å². The van der Waals surface area contributed by atoms with Crippen molar-refractivity contribution in [3.63, 3.8) is 0 Å². The molecule has 0 radical (unpaired) electrons. The second kappa shape index (κ2) is 7.52. The van der Waals surface area contributed by atoms with Gasteiger partial charge in [-0.2, -0.15) is 5.16 Å². The number of aromatic amines is 1. The van der Waals surface area contributed by atoms with Crippen molar-refractivity contribution in [2.24, 2.45) is 5.92 Å². The molecule has 0 bridgehead atoms. The van der Waals surface area contributed by atoms with Crippen molar-refractivity contribution >= 4 is 5.91 Å². The van der Waals surface area contributed by atoms with Gasteiger partial charge in [-0.25, -0.2) is 4.98 Å². The van der Waals surface area contributed by atoms with E-state index in [1.807, 2.05) is 6.07 Å². The lowest BCUT2D eigenvalue weighted by Crippen LogP contribution is -2.41. The van der Waals surface area contributed by atoms with E-state index in [2.05, 4.69) is 15.5 Å². The zero-order valence-electron chi connectivity index (χ0n) is 13.9. The van der Waals surface area contributed by atoms with Crippen LogP contribution in [0.4, 0.5) is 0 Å². The molecular weight excluding hydrogens is 326 g/mol. The lowest BCUT2D eigenvalue weighted by Gasteiger charge is -2.38. The highest BCUT2D eigenvalue weighted by Crippen LogP contribution is 2.38. The molecule has 0 saturated heterocycles. The Kier molecular flexibility index (Phi) is 5.18. The van der Waals surface area contributed by atoms with Crippen LogP contribution >= 0.6 is 0 Å². The van der Waals surface area contributed by atoms with Crippen LogP contribution in [0.15, 0.2) is 33.7 Å². The number of carbonyl (C=O) groups excluding carboxylic acids is 1. The van der Waals surface area contributed by atoms with Crippen LogP contribution in [-0.4, -0.2) is 34.4 Å². The lowest BCUT2D eigenvalue weighted by atomic mass is 9.75. The second-order valence-corrected chi connectivity index (χ2v) is 6.24. The third-order valence-electron chi connectivity index (χ3n) is 4.44. The average molecular weight is 347 g/mol. The number of H-pyrrole nitrogens is 1. The number of hydrogen-bond donors (Lipinski definition) is 3. The minimum Gasteiger partial charge on any atom is -0.481 e. The van der Waals surface area contributed by atoms with Gasteiger partial charge in [-0.3, -0.25) is 9.59 Å². The summed E-state index contributed by atoms with van der Waals surface area (Å²) < 4.78 is 10.0. The summed E-state index contributed by atoms with van der Waals surface area (Å²) in [6.07, 6.45) is 3.19. The number of nitrogens with one attached hydrogen (secondary N) is 2. The third kappa shape index (κ3) is 4.27. The normalized spacial score (nSPS) is 20.6. The zero-order chi connectivity index (χ0) is 17.8. The van der Waals surface area contributed by atoms with Crippen LogP contribution in [-0.2, 0) is 11.2 Å². The van der Waals surface area contributed by atoms with Crippen molar-refractivity contribution in [3.8, 4) is 5.88 Å². The summed E-state index contributed by atoms with van der Waals surface area (Å²) in [5, 5.41) is 14.8. The van der Waals surface area contributed by atoms with Crippen LogP contribution in [0.5, 0.6) is 5.88 Å². The molecule has 1 saturated carbocycles. The average Bonchev–Trinajstić information content (AvgIpc) is 3.01. The van der Waals surface area contributed by atoms with Gasteiger partial charge in [0.25, 0.3) is 5.56 Å². The van der Waals surface area contributed by atoms with Gasteiger partial charge in [0, 0.05) is 31.2 Å². The summed E-state index contributed by atoms with van der Waals surface area (Å²) in [5.74, 6) is 0.970. The maximum Gasteiger partial charge on any atom is 0.280 e. The van der Waals surface area contributed by atoms with Crippen molar-refractivity contribution in [2.45, 2.75) is 37.8 Å². The van der Waals surface area contributed by atoms with Crippen molar-refractivity contribution in [2.75, 3.05) is 7.11 Å². The molecule has 8 heteroatoms. The van der Waals surface area contributed by atoms with Gasteiger partial charge >= 0.3 is 0 Å². The van der Waals surface area contributed by atoms with Crippen LogP contribution in [0, 0.1) is 5.92 Å². The Morgan fingerprint density at radius 3 is 2.88 bits per heavy atom. The maximum absolute atomic E-state index is 12.3. The van der Waals surface area contributed by atoms with Crippen LogP contribution in [0.3, 0.4) is 0 Å². The maximum atomic E-state index is 12.3. The Balaban J connectivity index is 1.64. The molecule has 134 valence electrons. The summed E-state index contributed by atoms with van der Waals surface area (Å²) in [5.41, 5.74) is 0.556. The predicted octanol–water partition coefficient (Wildman–Crippen LogP) is 0.932. The molecule has 2 aromatic rings. The van der Waals surface area contributed by atoms with E-state index in [4.69, 9.17) is 9.26 Å². The highest BCUT2D eigenvalue weighted by atomic mass is 16.5. The summed E-state index contributed by atoms with van der Waals surface area (Å²) in [4.78, 5) is 27.5. The fraction of sp³-hybridized carbons (Fsp3) is 0.471.